The molecule has 57 heavy (non-hydrogen) atoms. The Kier molecular flexibility index (Phi) is 11.4. The molecule has 3 N–H and O–H groups in total. The summed E-state index contributed by atoms with van der Waals surface area (Å²) in [5.41, 5.74) is -1.96. The maximum Gasteiger partial charge on any atom is 0.338 e. The molecule has 6 rings (SSSR count). The molecular weight excluding hydrogens is 774 g/mol. The number of esters is 1. The van der Waals surface area contributed by atoms with Crippen LogP contribution >= 0.6 is 11.6 Å². The fraction of sp³-hybridized carbons (Fsp3) is 0.488. The van der Waals surface area contributed by atoms with E-state index in [4.69, 9.17) is 25.8 Å². The molecule has 3 aromatic rings. The number of benzene rings is 2. The normalized spacial score (nSPS) is 22.9. The van der Waals surface area contributed by atoms with Crippen molar-refractivity contribution in [2.75, 3.05) is 19.0 Å². The van der Waals surface area contributed by atoms with Crippen molar-refractivity contribution in [3.8, 4) is 11.6 Å². The van der Waals surface area contributed by atoms with Crippen LogP contribution in [-0.2, 0) is 29.1 Å². The quantitative estimate of drug-likeness (QED) is 0.148. The van der Waals surface area contributed by atoms with E-state index in [2.05, 4.69) is 26.9 Å². The minimum Gasteiger partial charge on any atom is -0.494 e. The van der Waals surface area contributed by atoms with Gasteiger partial charge in [0.05, 0.1) is 30.2 Å². The number of imide groups is 1. The monoisotopic (exact) mass is 823 g/mol. The van der Waals surface area contributed by atoms with Crippen molar-refractivity contribution in [1.82, 2.24) is 19.9 Å². The van der Waals surface area contributed by atoms with E-state index in [1.54, 1.807) is 74.2 Å². The molecule has 3 aliphatic rings. The van der Waals surface area contributed by atoms with Crippen molar-refractivity contribution < 1.29 is 41.8 Å². The molecule has 2 aliphatic carbocycles. The second-order valence-electron chi connectivity index (χ2n) is 17.0. The lowest BCUT2D eigenvalue weighted by atomic mass is 9.85. The summed E-state index contributed by atoms with van der Waals surface area (Å²) in [6.07, 6.45) is 3.51. The van der Waals surface area contributed by atoms with Crippen LogP contribution in [0, 0.1) is 11.3 Å². The zero-order valence-electron chi connectivity index (χ0n) is 33.2. The number of aromatic nitrogens is 1. The third-order valence-corrected chi connectivity index (χ3v) is 12.5. The average molecular weight is 824 g/mol. The number of nitrogens with one attached hydrogen (secondary N) is 3. The number of methoxy groups -OCH3 is 1. The van der Waals surface area contributed by atoms with Gasteiger partial charge in [0, 0.05) is 40.4 Å². The van der Waals surface area contributed by atoms with Gasteiger partial charge < -0.3 is 19.5 Å². The molecule has 0 bridgehead atoms. The molecule has 2 saturated carbocycles. The summed E-state index contributed by atoms with van der Waals surface area (Å²) >= 11 is 6.36. The number of fused-ring (bicyclic) bond motifs is 1. The van der Waals surface area contributed by atoms with Gasteiger partial charge in [0.25, 0.3) is 5.91 Å². The first-order valence-electron chi connectivity index (χ1n) is 18.9. The number of sulfonamides is 1. The summed E-state index contributed by atoms with van der Waals surface area (Å²) in [5, 5.41) is 6.83. The smallest absolute Gasteiger partial charge is 0.338 e. The van der Waals surface area contributed by atoms with E-state index in [-0.39, 0.29) is 25.3 Å². The number of likely N-dealkylation sites (tertiary alicyclic amines) is 1. The minimum atomic E-state index is -3.93. The molecule has 3 amide bonds. The van der Waals surface area contributed by atoms with E-state index >= 15 is 0 Å². The summed E-state index contributed by atoms with van der Waals surface area (Å²) in [5.74, 6) is -2.33. The minimum absolute atomic E-state index is 0.0221. The number of rotatable bonds is 13. The van der Waals surface area contributed by atoms with Gasteiger partial charge in [0.1, 0.15) is 29.0 Å². The van der Waals surface area contributed by atoms with E-state index in [1.807, 2.05) is 20.8 Å². The second-order valence-corrected chi connectivity index (χ2v) is 19.4. The predicted molar refractivity (Wildman–Crippen MR) is 216 cm³/mol. The van der Waals surface area contributed by atoms with Gasteiger partial charge in [0.2, 0.25) is 27.7 Å². The Morgan fingerprint density at radius 3 is 2.30 bits per heavy atom. The topological polar surface area (TPSA) is 182 Å². The molecular formula is C41H50ClN5O9S. The fourth-order valence-electron chi connectivity index (χ4n) is 7.27. The average Bonchev–Trinajstić information content (AvgIpc) is 4.06. The zero-order chi connectivity index (χ0) is 41.7. The maximum absolute atomic E-state index is 14.4. The van der Waals surface area contributed by atoms with Crippen LogP contribution < -0.4 is 24.8 Å². The number of carbonyl (C=O) groups is 4. The highest BCUT2D eigenvalue weighted by molar-refractivity contribution is 7.91. The van der Waals surface area contributed by atoms with Crippen molar-refractivity contribution in [2.45, 2.75) is 102 Å². The molecule has 306 valence electrons. The van der Waals surface area contributed by atoms with Crippen molar-refractivity contribution in [2.24, 2.45) is 11.3 Å². The molecule has 1 aromatic heterocycles. The van der Waals surface area contributed by atoms with Gasteiger partial charge in [-0.25, -0.2) is 18.2 Å². The molecule has 1 aliphatic heterocycles. The van der Waals surface area contributed by atoms with Crippen LogP contribution in [0.5, 0.6) is 11.6 Å². The highest BCUT2D eigenvalue weighted by atomic mass is 35.5. The second kappa shape index (κ2) is 15.6. The van der Waals surface area contributed by atoms with Gasteiger partial charge in [-0.15, -0.1) is 6.58 Å². The Morgan fingerprint density at radius 1 is 1.04 bits per heavy atom. The lowest BCUT2D eigenvalue weighted by Gasteiger charge is -2.34. The third kappa shape index (κ3) is 9.05. The van der Waals surface area contributed by atoms with Crippen LogP contribution in [0.3, 0.4) is 0 Å². The maximum atomic E-state index is 14.4. The lowest BCUT2D eigenvalue weighted by molar-refractivity contribution is -0.136. The van der Waals surface area contributed by atoms with E-state index in [9.17, 15) is 27.6 Å². The largest absolute Gasteiger partial charge is 0.494 e. The lowest BCUT2D eigenvalue weighted by Crippen LogP contribution is -2.59. The number of nitrogens with zero attached hydrogens (tertiary/aromatic N) is 2. The molecule has 5 atom stereocenters. The number of carbonyl (C=O) groups excluding carboxylic acids is 4. The summed E-state index contributed by atoms with van der Waals surface area (Å²) < 4.78 is 45.7. The number of halogens is 1. The summed E-state index contributed by atoms with van der Waals surface area (Å²) in [4.78, 5) is 61.2. The Hall–Kier alpha value is -4.73. The molecule has 2 heterocycles. The Labute approximate surface area is 338 Å². The van der Waals surface area contributed by atoms with Crippen molar-refractivity contribution in [3.63, 3.8) is 0 Å². The van der Waals surface area contributed by atoms with Gasteiger partial charge in [0.15, 0.2) is 0 Å². The van der Waals surface area contributed by atoms with Crippen molar-refractivity contribution >= 4 is 61.8 Å². The van der Waals surface area contributed by atoms with Gasteiger partial charge >= 0.3 is 5.97 Å². The number of amides is 3. The van der Waals surface area contributed by atoms with E-state index in [0.29, 0.717) is 45.6 Å². The number of hydrogen-bond acceptors (Lipinski definition) is 12. The van der Waals surface area contributed by atoms with Gasteiger partial charge in [-0.05, 0) is 87.9 Å². The first-order chi connectivity index (χ1) is 26.7. The highest BCUT2D eigenvalue weighted by Crippen LogP contribution is 2.53. The molecule has 1 saturated heterocycles. The van der Waals surface area contributed by atoms with Crippen LogP contribution in [0.2, 0.25) is 5.02 Å². The first kappa shape index (κ1) is 41.9. The third-order valence-electron chi connectivity index (χ3n) is 10.4. The fourth-order valence-corrected chi connectivity index (χ4v) is 8.80. The van der Waals surface area contributed by atoms with Crippen molar-refractivity contribution in [1.29, 1.82) is 0 Å². The van der Waals surface area contributed by atoms with Crippen LogP contribution in [0.1, 0.15) is 77.6 Å². The molecule has 14 nitrogen and oxygen atoms in total. The molecule has 0 spiro atoms. The standard InChI is InChI=1S/C41H50ClN5O9S/c1-9-24-20-41(24,38(51)46-57(52,53)28-15-16-28)47-22-27(55-36-30-18-25(42)12-17-29(30)32(54-8)21-43-36)19-31(47)34(48)45-35(49)33(39(2,3)4)44-26-13-10-23(11-14-26)37(50)56-40(5,6)7/h9-14,17-18,21,24,27-28,31,33,44H,1,15-16,19-20,22H2,2-8H3,(H,46,51)(H,45,48,49)/t24-,27-,31+,33-,41-/m1/s1. The molecule has 16 heteroatoms. The van der Waals surface area contributed by atoms with Crippen LogP contribution in [-0.4, -0.2) is 90.2 Å². The predicted octanol–water partition coefficient (Wildman–Crippen LogP) is 5.40. The van der Waals surface area contributed by atoms with Gasteiger partial charge in [-0.1, -0.05) is 38.4 Å². The zero-order valence-corrected chi connectivity index (χ0v) is 34.8. The van der Waals surface area contributed by atoms with E-state index in [1.165, 1.54) is 13.3 Å². The first-order valence-corrected chi connectivity index (χ1v) is 20.8. The summed E-state index contributed by atoms with van der Waals surface area (Å²) in [7, 11) is -2.41. The number of anilines is 1. The SMILES string of the molecule is C=C[C@@H]1C[C@@]1(C(=O)NS(=O)(=O)C1CC1)N1C[C@H](Oc2ncc(OC)c3ccc(Cl)cc23)C[C@H]1C(=O)NC(=O)[C@@H](Nc1ccc(C(=O)OC(C)(C)C)cc1)C(C)(C)C. The molecule has 2 aromatic carbocycles. The number of pyridine rings is 1. The Morgan fingerprint density at radius 2 is 1.72 bits per heavy atom. The van der Waals surface area contributed by atoms with Crippen LogP contribution in [0.4, 0.5) is 5.69 Å². The Balaban J connectivity index is 1.28. The molecule has 0 unspecified atom stereocenters. The molecule has 0 radical (unpaired) electrons. The van der Waals surface area contributed by atoms with Gasteiger partial charge in [-0.2, -0.15) is 0 Å². The summed E-state index contributed by atoms with van der Waals surface area (Å²) in [6, 6.07) is 9.63. The van der Waals surface area contributed by atoms with Crippen LogP contribution in [0.25, 0.3) is 10.8 Å². The summed E-state index contributed by atoms with van der Waals surface area (Å²) in [6.45, 7) is 14.8. The van der Waals surface area contributed by atoms with Crippen LogP contribution in [0.15, 0.2) is 61.3 Å². The van der Waals surface area contributed by atoms with E-state index in [0.717, 1.165) is 0 Å². The van der Waals surface area contributed by atoms with Crippen molar-refractivity contribution in [3.05, 3.63) is 71.9 Å². The Bertz CT molecular complexity index is 2200. The highest BCUT2D eigenvalue weighted by Gasteiger charge is 2.67. The molecule has 3 fully saturated rings. The van der Waals surface area contributed by atoms with Gasteiger partial charge in [-0.3, -0.25) is 29.3 Å². The number of ether oxygens (including phenoxy) is 3. The van der Waals surface area contributed by atoms with E-state index < -0.39 is 79.6 Å². The number of hydrogen-bond donors (Lipinski definition) is 3.